The summed E-state index contributed by atoms with van der Waals surface area (Å²) in [5.74, 6) is 6.64. The fourth-order valence-corrected chi connectivity index (χ4v) is 2.09. The number of nitro groups is 1. The van der Waals surface area contributed by atoms with Gasteiger partial charge in [-0.2, -0.15) is 16.7 Å². The van der Waals surface area contributed by atoms with Crippen LogP contribution < -0.4 is 16.2 Å². The summed E-state index contributed by atoms with van der Waals surface area (Å²) >= 11 is 1.74. The summed E-state index contributed by atoms with van der Waals surface area (Å²) in [4.78, 5) is 20.1. The number of nitrogen functional groups attached to an aromatic ring is 1. The van der Waals surface area contributed by atoms with Crippen LogP contribution in [0.2, 0.25) is 0 Å². The largest absolute Gasteiger partial charge is 0.351 e. The van der Waals surface area contributed by atoms with E-state index in [1.165, 1.54) is 0 Å². The molecule has 0 saturated heterocycles. The number of nitrogens with zero attached hydrogens (tertiary/aromatic N) is 4. The van der Waals surface area contributed by atoms with E-state index in [2.05, 4.69) is 15.4 Å². The van der Waals surface area contributed by atoms with Crippen LogP contribution in [0.15, 0.2) is 6.20 Å². The van der Waals surface area contributed by atoms with Crippen LogP contribution in [0.3, 0.4) is 0 Å². The molecule has 0 aliphatic rings. The molecule has 8 nitrogen and oxygen atoms in total. The highest BCUT2D eigenvalue weighted by Gasteiger charge is 2.23. The van der Waals surface area contributed by atoms with Gasteiger partial charge >= 0.3 is 5.69 Å². The van der Waals surface area contributed by atoms with Crippen molar-refractivity contribution in [1.82, 2.24) is 9.97 Å². The molecule has 0 radical (unpaired) electrons. The Kier molecular flexibility index (Phi) is 5.77. The van der Waals surface area contributed by atoms with Crippen molar-refractivity contribution in [2.75, 3.05) is 29.4 Å². The van der Waals surface area contributed by atoms with Gasteiger partial charge in [-0.1, -0.05) is 0 Å². The third kappa shape index (κ3) is 3.93. The summed E-state index contributed by atoms with van der Waals surface area (Å²) in [6, 6.07) is 0.131. The molecule has 0 aromatic carbocycles. The molecule has 9 heteroatoms. The molecule has 1 rings (SSSR count). The molecule has 0 spiro atoms. The first kappa shape index (κ1) is 15.4. The number of nitrogens with one attached hydrogen (secondary N) is 1. The number of nitrogens with two attached hydrogens (primary N) is 1. The van der Waals surface area contributed by atoms with Gasteiger partial charge in [-0.3, -0.25) is 15.5 Å². The van der Waals surface area contributed by atoms with Crippen LogP contribution >= 0.6 is 11.8 Å². The minimum absolute atomic E-state index is 0.127. The Morgan fingerprint density at radius 2 is 2.37 bits per heavy atom. The summed E-state index contributed by atoms with van der Waals surface area (Å²) < 4.78 is 0. The molecule has 1 aromatic rings. The average Bonchev–Trinajstić information content (AvgIpc) is 2.42. The van der Waals surface area contributed by atoms with Gasteiger partial charge < -0.3 is 4.90 Å². The summed E-state index contributed by atoms with van der Waals surface area (Å²) in [6.45, 7) is 2.00. The average molecular weight is 286 g/mol. The van der Waals surface area contributed by atoms with Crippen LogP contribution in [0.4, 0.5) is 17.5 Å². The van der Waals surface area contributed by atoms with Gasteiger partial charge in [0.05, 0.1) is 4.92 Å². The zero-order valence-electron chi connectivity index (χ0n) is 11.2. The lowest BCUT2D eigenvalue weighted by Gasteiger charge is -2.25. The second-order valence-corrected chi connectivity index (χ2v) is 5.03. The Balaban J connectivity index is 3.04. The first-order valence-electron chi connectivity index (χ1n) is 5.71. The molecular formula is C10H18N6O2S. The second-order valence-electron chi connectivity index (χ2n) is 4.05. The maximum absolute atomic E-state index is 11.0. The zero-order valence-corrected chi connectivity index (χ0v) is 12.0. The highest BCUT2D eigenvalue weighted by Crippen LogP contribution is 2.27. The lowest BCUT2D eigenvalue weighted by atomic mass is 10.2. The maximum atomic E-state index is 11.0. The van der Waals surface area contributed by atoms with Crippen LogP contribution in [0.1, 0.15) is 13.3 Å². The topological polar surface area (TPSA) is 110 Å². The number of aromatic nitrogens is 2. The van der Waals surface area contributed by atoms with Crippen molar-refractivity contribution >= 4 is 29.2 Å². The molecule has 0 aliphatic heterocycles. The molecule has 106 valence electrons. The molecule has 19 heavy (non-hydrogen) atoms. The molecule has 0 saturated carbocycles. The van der Waals surface area contributed by atoms with Gasteiger partial charge in [0.2, 0.25) is 11.8 Å². The van der Waals surface area contributed by atoms with Crippen LogP contribution in [-0.2, 0) is 0 Å². The second kappa shape index (κ2) is 7.10. The van der Waals surface area contributed by atoms with Gasteiger partial charge in [0, 0.05) is 13.1 Å². The van der Waals surface area contributed by atoms with Gasteiger partial charge in [0.15, 0.2) is 0 Å². The van der Waals surface area contributed by atoms with Gasteiger partial charge in [0.25, 0.3) is 0 Å². The highest BCUT2D eigenvalue weighted by atomic mass is 32.2. The third-order valence-electron chi connectivity index (χ3n) is 2.81. The van der Waals surface area contributed by atoms with E-state index in [0.29, 0.717) is 0 Å². The summed E-state index contributed by atoms with van der Waals surface area (Å²) in [5, 5.41) is 11.0. The summed E-state index contributed by atoms with van der Waals surface area (Å²) in [6.07, 6.45) is 4.09. The number of hydrazine groups is 1. The number of anilines is 2. The van der Waals surface area contributed by atoms with Crippen molar-refractivity contribution in [1.29, 1.82) is 0 Å². The molecule has 1 unspecified atom stereocenters. The number of hydrogen-bond donors (Lipinski definition) is 2. The number of rotatable bonds is 7. The van der Waals surface area contributed by atoms with Crippen LogP contribution in [0.25, 0.3) is 0 Å². The predicted molar refractivity (Wildman–Crippen MR) is 77.4 cm³/mol. The van der Waals surface area contributed by atoms with Crippen molar-refractivity contribution in [3.8, 4) is 0 Å². The Hall–Kier alpha value is -1.61. The van der Waals surface area contributed by atoms with Gasteiger partial charge in [-0.15, -0.1) is 0 Å². The minimum atomic E-state index is -0.493. The summed E-state index contributed by atoms with van der Waals surface area (Å²) in [7, 11) is 1.78. The standard InChI is InChI=1S/C10H18N6O2S/c1-7(4-5-19-3)15(2)9-8(16(17)18)6-12-10(13-9)14-11/h6-7H,4-5,11H2,1-3H3,(H,12,13,14). The van der Waals surface area contributed by atoms with E-state index >= 15 is 0 Å². The minimum Gasteiger partial charge on any atom is -0.351 e. The molecule has 1 aromatic heterocycles. The maximum Gasteiger partial charge on any atom is 0.329 e. The Morgan fingerprint density at radius 3 is 2.89 bits per heavy atom. The van der Waals surface area contributed by atoms with Crippen molar-refractivity contribution < 1.29 is 4.92 Å². The summed E-state index contributed by atoms with van der Waals surface area (Å²) in [5.41, 5.74) is 2.17. The SMILES string of the molecule is CSCCC(C)N(C)c1nc(NN)ncc1[N+](=O)[O-]. The number of hydrogen-bond acceptors (Lipinski definition) is 8. The van der Waals surface area contributed by atoms with E-state index in [4.69, 9.17) is 5.84 Å². The van der Waals surface area contributed by atoms with E-state index in [1.54, 1.807) is 23.7 Å². The van der Waals surface area contributed by atoms with E-state index in [9.17, 15) is 10.1 Å². The van der Waals surface area contributed by atoms with Gasteiger partial charge in [-0.25, -0.2) is 10.8 Å². The van der Waals surface area contributed by atoms with Crippen molar-refractivity contribution in [2.45, 2.75) is 19.4 Å². The fourth-order valence-electron chi connectivity index (χ4n) is 1.52. The highest BCUT2D eigenvalue weighted by molar-refractivity contribution is 7.98. The van der Waals surface area contributed by atoms with E-state index in [1.807, 2.05) is 13.2 Å². The van der Waals surface area contributed by atoms with E-state index < -0.39 is 4.92 Å². The lowest BCUT2D eigenvalue weighted by molar-refractivity contribution is -0.384. The Morgan fingerprint density at radius 1 is 1.68 bits per heavy atom. The van der Waals surface area contributed by atoms with E-state index in [-0.39, 0.29) is 23.5 Å². The first-order valence-corrected chi connectivity index (χ1v) is 7.10. The van der Waals surface area contributed by atoms with Crippen LogP contribution in [0.5, 0.6) is 0 Å². The molecule has 0 bridgehead atoms. The fraction of sp³-hybridized carbons (Fsp3) is 0.600. The molecule has 0 aliphatic carbocycles. The third-order valence-corrected chi connectivity index (χ3v) is 3.45. The van der Waals surface area contributed by atoms with Crippen LogP contribution in [-0.4, -0.2) is 40.0 Å². The monoisotopic (exact) mass is 286 g/mol. The molecule has 0 amide bonds. The van der Waals surface area contributed by atoms with Gasteiger partial charge in [0.1, 0.15) is 6.20 Å². The van der Waals surface area contributed by atoms with Crippen molar-refractivity contribution in [3.63, 3.8) is 0 Å². The molecular weight excluding hydrogens is 268 g/mol. The Labute approximate surface area is 115 Å². The van der Waals surface area contributed by atoms with E-state index in [0.717, 1.165) is 18.4 Å². The smallest absolute Gasteiger partial charge is 0.329 e. The molecule has 3 N–H and O–H groups in total. The lowest BCUT2D eigenvalue weighted by Crippen LogP contribution is -2.31. The molecule has 1 atom stereocenters. The van der Waals surface area contributed by atoms with Crippen molar-refractivity contribution in [2.24, 2.45) is 5.84 Å². The number of thioether (sulfide) groups is 1. The zero-order chi connectivity index (χ0) is 14.4. The van der Waals surface area contributed by atoms with Gasteiger partial charge in [-0.05, 0) is 25.4 Å². The normalized spacial score (nSPS) is 12.0. The quantitative estimate of drug-likeness (QED) is 0.438. The van der Waals surface area contributed by atoms with Crippen molar-refractivity contribution in [3.05, 3.63) is 16.3 Å². The van der Waals surface area contributed by atoms with Crippen LogP contribution in [0, 0.1) is 10.1 Å². The predicted octanol–water partition coefficient (Wildman–Crippen LogP) is 1.25. The molecule has 0 fully saturated rings. The first-order chi connectivity index (χ1) is 9.01. The Bertz CT molecular complexity index is 444. The molecule has 1 heterocycles.